The highest BCUT2D eigenvalue weighted by atomic mass is 16.6. The molecule has 1 unspecified atom stereocenters. The van der Waals surface area contributed by atoms with E-state index in [-0.39, 0.29) is 12.0 Å². The minimum absolute atomic E-state index is 0.0294. The van der Waals surface area contributed by atoms with Crippen molar-refractivity contribution in [1.82, 2.24) is 0 Å². The van der Waals surface area contributed by atoms with Gasteiger partial charge in [0.15, 0.2) is 0 Å². The third-order valence-corrected chi connectivity index (χ3v) is 1.30. The smallest absolute Gasteiger partial charge is 0.332 e. The molecular weight excluding hydrogens is 176 g/mol. The Bertz CT molecular complexity index is 221. The molecule has 0 aromatic heterocycles. The van der Waals surface area contributed by atoms with Crippen molar-refractivity contribution in [1.29, 1.82) is 0 Å². The second-order valence-electron chi connectivity index (χ2n) is 2.57. The van der Waals surface area contributed by atoms with Crippen LogP contribution in [0.3, 0.4) is 0 Å². The maximum Gasteiger partial charge on any atom is 0.332 e. The van der Waals surface area contributed by atoms with Crippen molar-refractivity contribution in [2.75, 3.05) is 6.61 Å². The molecule has 1 atom stereocenters. The second kappa shape index (κ2) is 5.31. The summed E-state index contributed by atoms with van der Waals surface area (Å²) >= 11 is 0. The van der Waals surface area contributed by atoms with Crippen LogP contribution in [0.5, 0.6) is 0 Å². The van der Waals surface area contributed by atoms with Crippen molar-refractivity contribution in [2.45, 2.75) is 19.4 Å². The van der Waals surface area contributed by atoms with Gasteiger partial charge in [0.05, 0.1) is 0 Å². The third-order valence-electron chi connectivity index (χ3n) is 1.30. The number of esters is 1. The van der Waals surface area contributed by atoms with Crippen LogP contribution in [-0.4, -0.2) is 34.9 Å². The second-order valence-corrected chi connectivity index (χ2v) is 2.57. The van der Waals surface area contributed by atoms with Gasteiger partial charge in [0.25, 0.3) is 0 Å². The molecule has 0 fully saturated rings. The Morgan fingerprint density at radius 1 is 1.54 bits per heavy atom. The van der Waals surface area contributed by atoms with Gasteiger partial charge in [-0.1, -0.05) is 6.58 Å². The van der Waals surface area contributed by atoms with Crippen molar-refractivity contribution in [2.24, 2.45) is 0 Å². The monoisotopic (exact) mass is 188 g/mol. The molecule has 5 heteroatoms. The number of hydrogen-bond acceptors (Lipinski definition) is 4. The number of rotatable bonds is 5. The number of aliphatic hydroxyl groups excluding tert-OH is 1. The van der Waals surface area contributed by atoms with Crippen LogP contribution in [0.4, 0.5) is 0 Å². The zero-order chi connectivity index (χ0) is 10.4. The summed E-state index contributed by atoms with van der Waals surface area (Å²) in [6, 6.07) is 0. The molecule has 0 aliphatic carbocycles. The lowest BCUT2D eigenvalue weighted by Gasteiger charge is -2.11. The first kappa shape index (κ1) is 11.6. The van der Waals surface area contributed by atoms with Gasteiger partial charge in [0.1, 0.15) is 12.7 Å². The van der Waals surface area contributed by atoms with Gasteiger partial charge in [-0.05, 0) is 6.92 Å². The summed E-state index contributed by atoms with van der Waals surface area (Å²) in [4.78, 5) is 20.8. The summed E-state index contributed by atoms with van der Waals surface area (Å²) in [6.45, 7) is 4.10. The molecule has 0 aromatic carbocycles. The summed E-state index contributed by atoms with van der Waals surface area (Å²) in [5, 5.41) is 16.7. The molecule has 5 nitrogen and oxygen atoms in total. The van der Waals surface area contributed by atoms with E-state index < -0.39 is 24.6 Å². The van der Waals surface area contributed by atoms with E-state index in [0.29, 0.717) is 0 Å². The molecular formula is C8H12O5. The zero-order valence-corrected chi connectivity index (χ0v) is 7.32. The van der Waals surface area contributed by atoms with E-state index in [0.717, 1.165) is 0 Å². The van der Waals surface area contributed by atoms with Crippen molar-refractivity contribution < 1.29 is 24.5 Å². The molecule has 0 saturated heterocycles. The molecule has 0 aromatic rings. The molecule has 13 heavy (non-hydrogen) atoms. The van der Waals surface area contributed by atoms with Gasteiger partial charge in [-0.15, -0.1) is 0 Å². The van der Waals surface area contributed by atoms with Crippen LogP contribution in [-0.2, 0) is 14.3 Å². The molecule has 0 saturated carbocycles. The van der Waals surface area contributed by atoms with Gasteiger partial charge < -0.3 is 14.9 Å². The number of carbonyl (C=O) groups is 2. The third kappa shape index (κ3) is 4.97. The van der Waals surface area contributed by atoms with Crippen LogP contribution < -0.4 is 0 Å². The Hall–Kier alpha value is -1.36. The van der Waals surface area contributed by atoms with Crippen molar-refractivity contribution in [3.05, 3.63) is 12.2 Å². The quantitative estimate of drug-likeness (QED) is 0.466. The average molecular weight is 188 g/mol. The molecule has 0 amide bonds. The Morgan fingerprint density at radius 2 is 2.08 bits per heavy atom. The number of aliphatic carboxylic acids is 1. The lowest BCUT2D eigenvalue weighted by atomic mass is 10.1. The van der Waals surface area contributed by atoms with Crippen LogP contribution in [0, 0.1) is 0 Å². The van der Waals surface area contributed by atoms with E-state index in [1.807, 2.05) is 0 Å². The highest BCUT2D eigenvalue weighted by Crippen LogP contribution is 2.06. The molecule has 0 heterocycles. The van der Waals surface area contributed by atoms with Gasteiger partial charge >= 0.3 is 11.9 Å². The highest BCUT2D eigenvalue weighted by molar-refractivity contribution is 5.85. The first-order valence-electron chi connectivity index (χ1n) is 3.68. The minimum Gasteiger partial charge on any atom is -0.478 e. The van der Waals surface area contributed by atoms with Gasteiger partial charge in [0, 0.05) is 12.0 Å². The Morgan fingerprint density at radius 3 is 2.46 bits per heavy atom. The van der Waals surface area contributed by atoms with Crippen molar-refractivity contribution >= 4 is 11.9 Å². The number of carboxylic acids is 1. The predicted octanol–water partition coefficient (Wildman–Crippen LogP) is -0.0587. The number of hydrogen-bond donors (Lipinski definition) is 2. The highest BCUT2D eigenvalue weighted by Gasteiger charge is 2.13. The molecule has 74 valence electrons. The summed E-state index contributed by atoms with van der Waals surface area (Å²) in [5.74, 6) is -1.89. The number of carboxylic acid groups (broad SMARTS) is 1. The van der Waals surface area contributed by atoms with Crippen LogP contribution >= 0.6 is 0 Å². The largest absolute Gasteiger partial charge is 0.478 e. The van der Waals surface area contributed by atoms with E-state index >= 15 is 0 Å². The number of carbonyl (C=O) groups excluding carboxylic acids is 1. The molecule has 0 radical (unpaired) electrons. The van der Waals surface area contributed by atoms with Crippen LogP contribution in [0.2, 0.25) is 0 Å². The fourth-order valence-corrected chi connectivity index (χ4v) is 0.738. The maximum atomic E-state index is 10.5. The molecule has 0 bridgehead atoms. The first-order chi connectivity index (χ1) is 5.97. The topological polar surface area (TPSA) is 83.8 Å². The SMILES string of the molecule is C=C(CC(C)OC(=O)CO)C(=O)O. The summed E-state index contributed by atoms with van der Waals surface area (Å²) in [5.41, 5.74) is -0.0294. The molecule has 2 N–H and O–H groups in total. The van der Waals surface area contributed by atoms with Crippen molar-refractivity contribution in [3.63, 3.8) is 0 Å². The maximum absolute atomic E-state index is 10.5. The van der Waals surface area contributed by atoms with Crippen LogP contribution in [0.1, 0.15) is 13.3 Å². The number of ether oxygens (including phenoxy) is 1. The van der Waals surface area contributed by atoms with Crippen molar-refractivity contribution in [3.8, 4) is 0 Å². The van der Waals surface area contributed by atoms with E-state index in [1.165, 1.54) is 6.92 Å². The molecule has 0 spiro atoms. The molecule has 0 aliphatic heterocycles. The van der Waals surface area contributed by atoms with Gasteiger partial charge in [-0.25, -0.2) is 9.59 Å². The Kier molecular flexibility index (Phi) is 4.76. The van der Waals surface area contributed by atoms with E-state index in [4.69, 9.17) is 10.2 Å². The Balaban J connectivity index is 3.87. The van der Waals surface area contributed by atoms with Gasteiger partial charge in [0.2, 0.25) is 0 Å². The van der Waals surface area contributed by atoms with E-state index in [1.54, 1.807) is 0 Å². The standard InChI is InChI=1S/C8H12O5/c1-5(8(11)12)3-6(2)13-7(10)4-9/h6,9H,1,3-4H2,2H3,(H,11,12). The summed E-state index contributed by atoms with van der Waals surface area (Å²) in [7, 11) is 0. The summed E-state index contributed by atoms with van der Waals surface area (Å²) in [6.07, 6.45) is -0.524. The lowest BCUT2D eigenvalue weighted by Crippen LogP contribution is -2.19. The summed E-state index contributed by atoms with van der Waals surface area (Å²) < 4.78 is 4.61. The Labute approximate surface area is 75.6 Å². The first-order valence-corrected chi connectivity index (χ1v) is 3.68. The minimum atomic E-state index is -1.12. The van der Waals surface area contributed by atoms with E-state index in [2.05, 4.69) is 11.3 Å². The molecule has 0 aliphatic rings. The fraction of sp³-hybridized carbons (Fsp3) is 0.500. The number of aliphatic hydroxyl groups is 1. The van der Waals surface area contributed by atoms with Gasteiger partial charge in [-0.2, -0.15) is 0 Å². The van der Waals surface area contributed by atoms with Crippen LogP contribution in [0.25, 0.3) is 0 Å². The molecule has 0 rings (SSSR count). The predicted molar refractivity (Wildman–Crippen MR) is 44.0 cm³/mol. The average Bonchev–Trinajstić information content (AvgIpc) is 2.03. The van der Waals surface area contributed by atoms with Crippen LogP contribution in [0.15, 0.2) is 12.2 Å². The normalized spacial score (nSPS) is 11.8. The fourth-order valence-electron chi connectivity index (χ4n) is 0.738. The van der Waals surface area contributed by atoms with E-state index in [9.17, 15) is 9.59 Å². The lowest BCUT2D eigenvalue weighted by molar-refractivity contribution is -0.152. The van der Waals surface area contributed by atoms with Gasteiger partial charge in [-0.3, -0.25) is 0 Å². The zero-order valence-electron chi connectivity index (χ0n) is 7.32.